The van der Waals surface area contributed by atoms with Crippen LogP contribution in [-0.2, 0) is 6.54 Å². The predicted octanol–water partition coefficient (Wildman–Crippen LogP) is 2.79. The largest absolute Gasteiger partial charge is 0.478 e. The molecule has 1 fully saturated rings. The van der Waals surface area contributed by atoms with Gasteiger partial charge in [-0.25, -0.2) is 4.79 Å². The molecule has 0 amide bonds. The highest BCUT2D eigenvalue weighted by Gasteiger charge is 2.26. The van der Waals surface area contributed by atoms with Gasteiger partial charge in [-0.05, 0) is 25.8 Å². The summed E-state index contributed by atoms with van der Waals surface area (Å²) in [5, 5.41) is 12.4. The minimum Gasteiger partial charge on any atom is -0.478 e. The maximum absolute atomic E-state index is 10.9. The molecule has 17 heavy (non-hydrogen) atoms. The van der Waals surface area contributed by atoms with Crippen molar-refractivity contribution >= 4 is 5.97 Å². The summed E-state index contributed by atoms with van der Waals surface area (Å²) >= 11 is 0. The van der Waals surface area contributed by atoms with Crippen molar-refractivity contribution in [3.05, 3.63) is 23.7 Å². The molecule has 1 aromatic rings. The third-order valence-electron chi connectivity index (χ3n) is 3.61. The maximum atomic E-state index is 10.9. The minimum absolute atomic E-state index is 0.126. The van der Waals surface area contributed by atoms with E-state index in [0.717, 1.165) is 12.8 Å². The highest BCUT2D eigenvalue weighted by atomic mass is 16.4. The molecule has 1 aliphatic rings. The van der Waals surface area contributed by atoms with E-state index in [-0.39, 0.29) is 11.1 Å². The third-order valence-corrected chi connectivity index (χ3v) is 3.61. The zero-order valence-corrected chi connectivity index (χ0v) is 10.2. The van der Waals surface area contributed by atoms with Crippen molar-refractivity contribution in [3.8, 4) is 0 Å². The first-order chi connectivity index (χ1) is 8.11. The zero-order chi connectivity index (χ0) is 12.3. The van der Waals surface area contributed by atoms with Crippen LogP contribution in [0.2, 0.25) is 0 Å². The number of carboxylic acids is 1. The van der Waals surface area contributed by atoms with Crippen molar-refractivity contribution in [2.75, 3.05) is 0 Å². The molecule has 0 atom stereocenters. The van der Waals surface area contributed by atoms with Crippen LogP contribution >= 0.6 is 0 Å². The molecule has 0 aliphatic heterocycles. The maximum Gasteiger partial charge on any atom is 0.339 e. The second kappa shape index (κ2) is 4.92. The summed E-state index contributed by atoms with van der Waals surface area (Å²) in [4.78, 5) is 10.9. The highest BCUT2D eigenvalue weighted by Crippen LogP contribution is 2.28. The van der Waals surface area contributed by atoms with Crippen LogP contribution in [0.25, 0.3) is 0 Å². The molecule has 4 nitrogen and oxygen atoms in total. The van der Waals surface area contributed by atoms with Crippen LogP contribution in [0, 0.1) is 0 Å². The summed E-state index contributed by atoms with van der Waals surface area (Å²) in [6.07, 6.45) is 7.52. The Morgan fingerprint density at radius 3 is 2.82 bits per heavy atom. The van der Waals surface area contributed by atoms with Crippen LogP contribution in [0.15, 0.2) is 16.7 Å². The smallest absolute Gasteiger partial charge is 0.339 e. The van der Waals surface area contributed by atoms with Crippen LogP contribution in [-0.4, -0.2) is 16.6 Å². The molecule has 1 aromatic heterocycles. The molecule has 0 aromatic carbocycles. The van der Waals surface area contributed by atoms with Crippen molar-refractivity contribution in [3.63, 3.8) is 0 Å². The van der Waals surface area contributed by atoms with E-state index >= 15 is 0 Å². The van der Waals surface area contributed by atoms with E-state index in [1.807, 2.05) is 0 Å². The lowest BCUT2D eigenvalue weighted by Gasteiger charge is -2.34. The van der Waals surface area contributed by atoms with Crippen molar-refractivity contribution in [1.82, 2.24) is 5.32 Å². The van der Waals surface area contributed by atoms with Crippen molar-refractivity contribution in [2.24, 2.45) is 0 Å². The van der Waals surface area contributed by atoms with Crippen molar-refractivity contribution in [2.45, 2.75) is 51.1 Å². The molecule has 2 rings (SSSR count). The van der Waals surface area contributed by atoms with Gasteiger partial charge in [0.25, 0.3) is 0 Å². The van der Waals surface area contributed by atoms with E-state index in [2.05, 4.69) is 12.2 Å². The summed E-state index contributed by atoms with van der Waals surface area (Å²) in [6.45, 7) is 2.70. The Hall–Kier alpha value is -1.29. The Labute approximate surface area is 101 Å². The molecule has 94 valence electrons. The molecule has 1 saturated carbocycles. The number of furan rings is 1. The van der Waals surface area contributed by atoms with Gasteiger partial charge >= 0.3 is 5.97 Å². The lowest BCUT2D eigenvalue weighted by molar-refractivity contribution is 0.0693. The molecule has 0 radical (unpaired) electrons. The average Bonchev–Trinajstić information content (AvgIpc) is 2.76. The summed E-state index contributed by atoms with van der Waals surface area (Å²) in [5.74, 6) is -0.409. The summed E-state index contributed by atoms with van der Waals surface area (Å²) in [6, 6.07) is 1.50. The van der Waals surface area contributed by atoms with Gasteiger partial charge in [-0.3, -0.25) is 0 Å². The topological polar surface area (TPSA) is 62.5 Å². The molecule has 0 spiro atoms. The molecule has 0 bridgehead atoms. The fourth-order valence-corrected chi connectivity index (χ4v) is 2.47. The number of hydrogen-bond donors (Lipinski definition) is 2. The Balaban J connectivity index is 1.97. The van der Waals surface area contributed by atoms with Crippen LogP contribution in [0.5, 0.6) is 0 Å². The number of rotatable bonds is 4. The van der Waals surface area contributed by atoms with Crippen molar-refractivity contribution < 1.29 is 14.3 Å². The molecular formula is C13H19NO3. The van der Waals surface area contributed by atoms with Crippen LogP contribution < -0.4 is 5.32 Å². The Morgan fingerprint density at radius 2 is 2.18 bits per heavy atom. The normalized spacial score (nSPS) is 19.1. The summed E-state index contributed by atoms with van der Waals surface area (Å²) < 4.78 is 5.22. The number of aromatic carboxylic acids is 1. The van der Waals surface area contributed by atoms with Crippen LogP contribution in [0.1, 0.15) is 55.1 Å². The molecule has 4 heteroatoms. The average molecular weight is 237 g/mol. The fourth-order valence-electron chi connectivity index (χ4n) is 2.47. The van der Waals surface area contributed by atoms with Crippen molar-refractivity contribution in [1.29, 1.82) is 0 Å². The van der Waals surface area contributed by atoms with Crippen LogP contribution in [0.4, 0.5) is 0 Å². The molecular weight excluding hydrogens is 218 g/mol. The minimum atomic E-state index is -0.927. The van der Waals surface area contributed by atoms with Gasteiger partial charge in [0.05, 0.1) is 12.8 Å². The van der Waals surface area contributed by atoms with Gasteiger partial charge in [-0.1, -0.05) is 19.3 Å². The molecule has 1 heterocycles. The van der Waals surface area contributed by atoms with E-state index in [4.69, 9.17) is 9.52 Å². The van der Waals surface area contributed by atoms with E-state index in [1.54, 1.807) is 0 Å². The fraction of sp³-hybridized carbons (Fsp3) is 0.615. The highest BCUT2D eigenvalue weighted by molar-refractivity contribution is 5.88. The van der Waals surface area contributed by atoms with Gasteiger partial charge < -0.3 is 14.8 Å². The van der Waals surface area contributed by atoms with E-state index in [1.165, 1.54) is 31.6 Å². The predicted molar refractivity (Wildman–Crippen MR) is 64.0 cm³/mol. The van der Waals surface area contributed by atoms with E-state index < -0.39 is 5.97 Å². The van der Waals surface area contributed by atoms with E-state index in [9.17, 15) is 4.79 Å². The SMILES string of the molecule is CC1(NCc2occc2C(=O)O)CCCCC1. The third kappa shape index (κ3) is 2.88. The second-order valence-electron chi connectivity index (χ2n) is 5.04. The molecule has 0 saturated heterocycles. The summed E-state index contributed by atoms with van der Waals surface area (Å²) in [7, 11) is 0. The lowest BCUT2D eigenvalue weighted by atomic mass is 9.83. The van der Waals surface area contributed by atoms with Gasteiger partial charge in [0.1, 0.15) is 11.3 Å². The lowest BCUT2D eigenvalue weighted by Crippen LogP contribution is -2.43. The summed E-state index contributed by atoms with van der Waals surface area (Å²) in [5.41, 5.74) is 0.387. The first-order valence-corrected chi connectivity index (χ1v) is 6.15. The van der Waals surface area contributed by atoms with Gasteiger partial charge in [-0.15, -0.1) is 0 Å². The Kier molecular flexibility index (Phi) is 3.52. The number of hydrogen-bond acceptors (Lipinski definition) is 3. The molecule has 2 N–H and O–H groups in total. The number of carboxylic acid groups (broad SMARTS) is 1. The van der Waals surface area contributed by atoms with Crippen LogP contribution in [0.3, 0.4) is 0 Å². The number of nitrogens with one attached hydrogen (secondary N) is 1. The first kappa shape index (κ1) is 12.2. The molecule has 0 unspecified atom stereocenters. The van der Waals surface area contributed by atoms with Gasteiger partial charge in [0.2, 0.25) is 0 Å². The number of carbonyl (C=O) groups is 1. The Morgan fingerprint density at radius 1 is 1.47 bits per heavy atom. The van der Waals surface area contributed by atoms with Gasteiger partial charge in [0.15, 0.2) is 0 Å². The molecule has 1 aliphatic carbocycles. The second-order valence-corrected chi connectivity index (χ2v) is 5.04. The standard InChI is InChI=1S/C13H19NO3/c1-13(6-3-2-4-7-13)14-9-11-10(12(15)16)5-8-17-11/h5,8,14H,2-4,6-7,9H2,1H3,(H,15,16). The van der Waals surface area contributed by atoms with Gasteiger partial charge in [0, 0.05) is 5.54 Å². The monoisotopic (exact) mass is 237 g/mol. The van der Waals surface area contributed by atoms with Gasteiger partial charge in [-0.2, -0.15) is 0 Å². The van der Waals surface area contributed by atoms with E-state index in [0.29, 0.717) is 12.3 Å². The quantitative estimate of drug-likeness (QED) is 0.845. The zero-order valence-electron chi connectivity index (χ0n) is 10.2. The Bertz CT molecular complexity index is 391. The first-order valence-electron chi connectivity index (χ1n) is 6.15.